The summed E-state index contributed by atoms with van der Waals surface area (Å²) in [5.74, 6) is -0.447. The van der Waals surface area contributed by atoms with Crippen LogP contribution in [0.3, 0.4) is 0 Å². The second kappa shape index (κ2) is 12.7. The van der Waals surface area contributed by atoms with Gasteiger partial charge in [-0.2, -0.15) is 5.26 Å². The van der Waals surface area contributed by atoms with Gasteiger partial charge in [-0.1, -0.05) is 18.2 Å². The molecular weight excluding hydrogens is 418 g/mol. The summed E-state index contributed by atoms with van der Waals surface area (Å²) in [4.78, 5) is 24.0. The standard InChI is InChI=1S/C22H23N3O7/c1-30-19(10-11-20(27)25-29)21(17-4-2-3-5-18(17)31-13-12-26)32-22(28)24-16-8-6-15(14-23)7-9-16/h2-11,19,21,26,29H,12-13H2,1H3,(H,24,28)(H,25,27)/b11-10+/t19-,21-/m0/s1. The molecular formula is C22H23N3O7. The van der Waals surface area contributed by atoms with Crippen LogP contribution in [0, 0.1) is 11.3 Å². The van der Waals surface area contributed by atoms with Crippen LogP contribution in [-0.2, 0) is 14.3 Å². The number of hydroxylamine groups is 1. The maximum atomic E-state index is 12.6. The van der Waals surface area contributed by atoms with Gasteiger partial charge in [0.25, 0.3) is 5.91 Å². The first kappa shape index (κ1) is 24.4. The van der Waals surface area contributed by atoms with Gasteiger partial charge in [-0.05, 0) is 36.4 Å². The number of methoxy groups -OCH3 is 1. The largest absolute Gasteiger partial charge is 0.491 e. The molecule has 4 N–H and O–H groups in total. The number of benzene rings is 2. The fourth-order valence-corrected chi connectivity index (χ4v) is 2.72. The normalized spacial score (nSPS) is 12.4. The molecule has 0 heterocycles. The van der Waals surface area contributed by atoms with Gasteiger partial charge in [0.05, 0.1) is 18.2 Å². The van der Waals surface area contributed by atoms with Crippen LogP contribution >= 0.6 is 0 Å². The minimum Gasteiger partial charge on any atom is -0.491 e. The number of ether oxygens (including phenoxy) is 3. The van der Waals surface area contributed by atoms with Gasteiger partial charge in [0.15, 0.2) is 6.10 Å². The van der Waals surface area contributed by atoms with Gasteiger partial charge in [0, 0.05) is 24.4 Å². The van der Waals surface area contributed by atoms with Gasteiger partial charge >= 0.3 is 6.09 Å². The first-order chi connectivity index (χ1) is 15.5. The Kier molecular flexibility index (Phi) is 9.68. The van der Waals surface area contributed by atoms with Crippen molar-refractivity contribution < 1.29 is 34.1 Å². The van der Waals surface area contributed by atoms with E-state index in [2.05, 4.69) is 5.32 Å². The van der Waals surface area contributed by atoms with Crippen LogP contribution < -0.4 is 15.5 Å². The van der Waals surface area contributed by atoms with Crippen molar-refractivity contribution >= 4 is 17.7 Å². The third kappa shape index (κ3) is 7.10. The number of anilines is 1. The molecule has 10 heteroatoms. The Morgan fingerprint density at radius 1 is 1.19 bits per heavy atom. The summed E-state index contributed by atoms with van der Waals surface area (Å²) in [5, 5.41) is 29.2. The Morgan fingerprint density at radius 2 is 1.91 bits per heavy atom. The number of nitriles is 1. The number of amides is 2. The molecule has 168 valence electrons. The molecule has 0 aliphatic heterocycles. The highest BCUT2D eigenvalue weighted by Crippen LogP contribution is 2.32. The molecule has 2 atom stereocenters. The van der Waals surface area contributed by atoms with E-state index in [9.17, 15) is 9.59 Å². The minimum atomic E-state index is -1.06. The number of carbonyl (C=O) groups is 2. The fourth-order valence-electron chi connectivity index (χ4n) is 2.72. The highest BCUT2D eigenvalue weighted by atomic mass is 16.6. The number of nitrogens with one attached hydrogen (secondary N) is 2. The molecule has 0 saturated heterocycles. The summed E-state index contributed by atoms with van der Waals surface area (Å²) in [6, 6.07) is 14.9. The van der Waals surface area contributed by atoms with E-state index in [4.69, 9.17) is 29.8 Å². The molecule has 0 saturated carbocycles. The Hall–Kier alpha value is -3.91. The first-order valence-corrected chi connectivity index (χ1v) is 9.47. The van der Waals surface area contributed by atoms with Crippen molar-refractivity contribution in [2.75, 3.05) is 25.6 Å². The molecule has 2 aromatic rings. The van der Waals surface area contributed by atoms with Crippen LogP contribution in [0.2, 0.25) is 0 Å². The highest BCUT2D eigenvalue weighted by molar-refractivity contribution is 5.86. The number of rotatable bonds is 10. The molecule has 0 spiro atoms. The number of aliphatic hydroxyl groups is 1. The van der Waals surface area contributed by atoms with Gasteiger partial charge in [-0.15, -0.1) is 0 Å². The van der Waals surface area contributed by atoms with Gasteiger partial charge in [0.2, 0.25) is 0 Å². The van der Waals surface area contributed by atoms with Gasteiger partial charge in [0.1, 0.15) is 18.5 Å². The zero-order chi connectivity index (χ0) is 23.3. The lowest BCUT2D eigenvalue weighted by Gasteiger charge is -2.26. The summed E-state index contributed by atoms with van der Waals surface area (Å²) in [6.07, 6.45) is -0.471. The molecule has 2 aromatic carbocycles. The second-order valence-electron chi connectivity index (χ2n) is 6.29. The van der Waals surface area contributed by atoms with Crippen LogP contribution in [0.4, 0.5) is 10.5 Å². The summed E-state index contributed by atoms with van der Waals surface area (Å²) in [5.41, 5.74) is 2.73. The quantitative estimate of drug-likeness (QED) is 0.249. The minimum absolute atomic E-state index is 0.0155. The SMILES string of the molecule is CO[C@@H](/C=C/C(=O)NO)[C@@H](OC(=O)Nc1ccc(C#N)cc1)c1ccccc1OCCO. The van der Waals surface area contributed by atoms with E-state index in [1.807, 2.05) is 6.07 Å². The number of hydrogen-bond donors (Lipinski definition) is 4. The summed E-state index contributed by atoms with van der Waals surface area (Å²) in [6.45, 7) is -0.203. The van der Waals surface area contributed by atoms with Crippen LogP contribution in [0.1, 0.15) is 17.2 Å². The zero-order valence-electron chi connectivity index (χ0n) is 17.2. The number of nitrogens with zero attached hydrogens (tertiary/aromatic N) is 1. The van der Waals surface area contributed by atoms with E-state index in [1.165, 1.54) is 18.7 Å². The summed E-state index contributed by atoms with van der Waals surface area (Å²) < 4.78 is 16.6. The van der Waals surface area contributed by atoms with Crippen molar-refractivity contribution in [1.82, 2.24) is 5.48 Å². The van der Waals surface area contributed by atoms with Crippen molar-refractivity contribution in [3.63, 3.8) is 0 Å². The van der Waals surface area contributed by atoms with E-state index in [0.29, 0.717) is 22.6 Å². The topological polar surface area (TPSA) is 150 Å². The predicted molar refractivity (Wildman–Crippen MR) is 113 cm³/mol. The Morgan fingerprint density at radius 3 is 2.53 bits per heavy atom. The van der Waals surface area contributed by atoms with Crippen LogP contribution in [0.15, 0.2) is 60.7 Å². The second-order valence-corrected chi connectivity index (χ2v) is 6.29. The monoisotopic (exact) mass is 441 g/mol. The van der Waals surface area contributed by atoms with Crippen LogP contribution in [0.5, 0.6) is 5.75 Å². The Labute approximate surface area is 184 Å². The van der Waals surface area contributed by atoms with Gasteiger partial charge in [-0.25, -0.2) is 10.3 Å². The maximum Gasteiger partial charge on any atom is 0.412 e. The molecule has 0 aromatic heterocycles. The molecule has 0 bridgehead atoms. The molecule has 0 aliphatic rings. The van der Waals surface area contributed by atoms with Crippen LogP contribution in [0.25, 0.3) is 0 Å². The van der Waals surface area contributed by atoms with E-state index in [-0.39, 0.29) is 13.2 Å². The number of carbonyl (C=O) groups excluding carboxylic acids is 2. The van der Waals surface area contributed by atoms with Crippen LogP contribution in [-0.4, -0.2) is 48.7 Å². The maximum absolute atomic E-state index is 12.6. The number of para-hydroxylation sites is 1. The molecule has 0 radical (unpaired) electrons. The summed E-state index contributed by atoms with van der Waals surface area (Å²) in [7, 11) is 1.36. The van der Waals surface area contributed by atoms with Crippen molar-refractivity contribution in [3.8, 4) is 11.8 Å². The van der Waals surface area contributed by atoms with E-state index >= 15 is 0 Å². The molecule has 0 fully saturated rings. The van der Waals surface area contributed by atoms with Gasteiger partial charge in [-0.3, -0.25) is 15.3 Å². The predicted octanol–water partition coefficient (Wildman–Crippen LogP) is 2.30. The van der Waals surface area contributed by atoms with Crippen molar-refractivity contribution in [2.24, 2.45) is 0 Å². The Balaban J connectivity index is 2.32. The van der Waals surface area contributed by atoms with E-state index in [0.717, 1.165) is 6.08 Å². The average molecular weight is 441 g/mol. The third-order valence-corrected chi connectivity index (χ3v) is 4.19. The molecule has 0 unspecified atom stereocenters. The number of aliphatic hydroxyl groups excluding tert-OH is 1. The molecule has 0 aliphatic carbocycles. The number of hydrogen-bond acceptors (Lipinski definition) is 8. The van der Waals surface area contributed by atoms with Gasteiger partial charge < -0.3 is 19.3 Å². The lowest BCUT2D eigenvalue weighted by Crippen LogP contribution is -2.28. The lowest BCUT2D eigenvalue weighted by molar-refractivity contribution is -0.124. The van der Waals surface area contributed by atoms with E-state index in [1.54, 1.807) is 48.5 Å². The summed E-state index contributed by atoms with van der Waals surface area (Å²) >= 11 is 0. The highest BCUT2D eigenvalue weighted by Gasteiger charge is 2.28. The van der Waals surface area contributed by atoms with Crippen molar-refractivity contribution in [2.45, 2.75) is 12.2 Å². The molecule has 2 amide bonds. The van der Waals surface area contributed by atoms with E-state index < -0.39 is 24.2 Å². The smallest absolute Gasteiger partial charge is 0.412 e. The van der Waals surface area contributed by atoms with Crippen molar-refractivity contribution in [3.05, 3.63) is 71.8 Å². The zero-order valence-corrected chi connectivity index (χ0v) is 17.2. The molecule has 32 heavy (non-hydrogen) atoms. The Bertz CT molecular complexity index is 970. The van der Waals surface area contributed by atoms with Crippen molar-refractivity contribution in [1.29, 1.82) is 5.26 Å². The fraction of sp³-hybridized carbons (Fsp3) is 0.227. The molecule has 2 rings (SSSR count). The lowest BCUT2D eigenvalue weighted by atomic mass is 10.0. The third-order valence-electron chi connectivity index (χ3n) is 4.19. The first-order valence-electron chi connectivity index (χ1n) is 9.47. The average Bonchev–Trinajstić information content (AvgIpc) is 2.82. The molecule has 10 nitrogen and oxygen atoms in total.